The van der Waals surface area contributed by atoms with Crippen molar-refractivity contribution in [1.29, 1.82) is 0 Å². The molecule has 10 rings (SSSR count). The first-order chi connectivity index (χ1) is 29.3. The van der Waals surface area contributed by atoms with Crippen LogP contribution in [0.2, 0.25) is 0 Å². The highest BCUT2D eigenvalue weighted by atomic mass is 19.4. The van der Waals surface area contributed by atoms with Gasteiger partial charge in [-0.3, -0.25) is 0 Å². The number of nitrogens with zero attached hydrogens (tertiary/aromatic N) is 1. The quantitative estimate of drug-likeness (QED) is 0.121. The molecular formula is C54H35F6N. The first kappa shape index (κ1) is 38.1. The second-order valence-corrected chi connectivity index (χ2v) is 15.8. The second-order valence-electron chi connectivity index (χ2n) is 15.8. The molecule has 1 heterocycles. The number of hydrogen-bond acceptors (Lipinski definition) is 0. The van der Waals surface area contributed by atoms with Gasteiger partial charge in [0.05, 0.1) is 27.8 Å². The molecule has 0 unspecified atom stereocenters. The normalized spacial score (nSPS) is 12.3. The first-order valence-corrected chi connectivity index (χ1v) is 19.9. The van der Waals surface area contributed by atoms with E-state index in [2.05, 4.69) is 65.2 Å². The maximum atomic E-state index is 14.0. The molecule has 1 aromatic heterocycles. The smallest absolute Gasteiger partial charge is 0.309 e. The minimum Gasteiger partial charge on any atom is -0.309 e. The summed E-state index contributed by atoms with van der Waals surface area (Å²) in [7, 11) is 0. The standard InChI is InChI=1S/C54H35F6N/c1-32-22-39(26-41(24-32)53(55,56)57)37-16-20-51-48(30-37)49-31-38(40-23-33(2)25-42(27-40)54(58,59)60)17-21-52(49)61(51)50-15-9-8-14-45(50)44-19-18-43(34-10-4-3-5-11-34)46-28-35-12-6-7-13-36(35)29-47(44)46/h3-31H,1-2H3. The van der Waals surface area contributed by atoms with Crippen LogP contribution >= 0.6 is 0 Å². The zero-order valence-corrected chi connectivity index (χ0v) is 33.0. The van der Waals surface area contributed by atoms with Crippen molar-refractivity contribution in [2.24, 2.45) is 0 Å². The van der Waals surface area contributed by atoms with Gasteiger partial charge in [-0.25, -0.2) is 0 Å². The van der Waals surface area contributed by atoms with Gasteiger partial charge in [-0.05, 0) is 152 Å². The Balaban J connectivity index is 1.25. The van der Waals surface area contributed by atoms with Crippen LogP contribution in [-0.2, 0) is 12.4 Å². The van der Waals surface area contributed by atoms with Crippen LogP contribution in [0.15, 0.2) is 176 Å². The zero-order chi connectivity index (χ0) is 42.2. The summed E-state index contributed by atoms with van der Waals surface area (Å²) in [5.41, 5.74) is 8.11. The van der Waals surface area contributed by atoms with Gasteiger partial charge in [-0.15, -0.1) is 0 Å². The van der Waals surface area contributed by atoms with Crippen LogP contribution in [0, 0.1) is 13.8 Å². The molecular weight excluding hydrogens is 777 g/mol. The number of fused-ring (bicyclic) bond motifs is 5. The van der Waals surface area contributed by atoms with E-state index in [-0.39, 0.29) is 0 Å². The fourth-order valence-corrected chi connectivity index (χ4v) is 8.90. The molecule has 0 bridgehead atoms. The van der Waals surface area contributed by atoms with Crippen molar-refractivity contribution in [3.8, 4) is 50.2 Å². The minimum absolute atomic E-state index is 0.414. The monoisotopic (exact) mass is 811 g/mol. The van der Waals surface area contributed by atoms with E-state index in [4.69, 9.17) is 0 Å². The maximum absolute atomic E-state index is 14.0. The van der Waals surface area contributed by atoms with Gasteiger partial charge in [-0.2, -0.15) is 26.3 Å². The Morgan fingerprint density at radius 1 is 0.344 bits per heavy atom. The Bertz CT molecular complexity index is 3230. The van der Waals surface area contributed by atoms with Gasteiger partial charge in [0.1, 0.15) is 0 Å². The number of rotatable bonds is 5. The molecule has 9 aromatic carbocycles. The molecule has 298 valence electrons. The molecule has 0 spiro atoms. The largest absolute Gasteiger partial charge is 0.416 e. The van der Waals surface area contributed by atoms with Gasteiger partial charge in [0.2, 0.25) is 0 Å². The van der Waals surface area contributed by atoms with Crippen molar-refractivity contribution < 1.29 is 26.3 Å². The highest BCUT2D eigenvalue weighted by molar-refractivity contribution is 6.14. The zero-order valence-electron chi connectivity index (χ0n) is 33.0. The Kier molecular flexibility index (Phi) is 8.91. The van der Waals surface area contributed by atoms with E-state index in [9.17, 15) is 26.3 Å². The summed E-state index contributed by atoms with van der Waals surface area (Å²) in [4.78, 5) is 0. The molecule has 0 saturated heterocycles. The Labute approximate surface area is 347 Å². The van der Waals surface area contributed by atoms with Crippen LogP contribution in [0.25, 0.3) is 93.5 Å². The molecule has 1 nitrogen and oxygen atoms in total. The lowest BCUT2D eigenvalue weighted by molar-refractivity contribution is -0.138. The molecule has 0 saturated carbocycles. The lowest BCUT2D eigenvalue weighted by atomic mass is 9.89. The molecule has 0 aliphatic heterocycles. The Morgan fingerprint density at radius 2 is 0.820 bits per heavy atom. The summed E-state index contributed by atoms with van der Waals surface area (Å²) in [5.74, 6) is 0. The van der Waals surface area contributed by atoms with Gasteiger partial charge >= 0.3 is 12.4 Å². The van der Waals surface area contributed by atoms with Gasteiger partial charge in [0.25, 0.3) is 0 Å². The lowest BCUT2D eigenvalue weighted by Crippen LogP contribution is -2.05. The maximum Gasteiger partial charge on any atom is 0.416 e. The summed E-state index contributed by atoms with van der Waals surface area (Å²) in [5, 5.41) is 5.89. The molecule has 0 atom stereocenters. The van der Waals surface area contributed by atoms with Crippen molar-refractivity contribution in [3.63, 3.8) is 0 Å². The minimum atomic E-state index is -4.53. The highest BCUT2D eigenvalue weighted by Crippen LogP contribution is 2.44. The molecule has 0 fully saturated rings. The fourth-order valence-electron chi connectivity index (χ4n) is 8.90. The fraction of sp³-hybridized carbons (Fsp3) is 0.0741. The number of alkyl halides is 6. The third-order valence-corrected chi connectivity index (χ3v) is 11.6. The predicted molar refractivity (Wildman–Crippen MR) is 237 cm³/mol. The van der Waals surface area contributed by atoms with E-state index < -0.39 is 23.5 Å². The second kappa shape index (κ2) is 14.3. The van der Waals surface area contributed by atoms with Crippen molar-refractivity contribution in [3.05, 3.63) is 198 Å². The van der Waals surface area contributed by atoms with Crippen LogP contribution in [0.3, 0.4) is 0 Å². The molecule has 0 amide bonds. The summed E-state index contributed by atoms with van der Waals surface area (Å²) in [6.45, 7) is 3.28. The highest BCUT2D eigenvalue weighted by Gasteiger charge is 2.32. The van der Waals surface area contributed by atoms with E-state index in [0.717, 1.165) is 95.6 Å². The van der Waals surface area contributed by atoms with Crippen LogP contribution < -0.4 is 0 Å². The summed E-state index contributed by atoms with van der Waals surface area (Å²) < 4.78 is 86.4. The van der Waals surface area contributed by atoms with E-state index in [1.807, 2.05) is 78.9 Å². The van der Waals surface area contributed by atoms with Crippen molar-refractivity contribution in [2.75, 3.05) is 0 Å². The summed E-state index contributed by atoms with van der Waals surface area (Å²) in [6.07, 6.45) is -9.06. The van der Waals surface area contributed by atoms with Gasteiger partial charge in [-0.1, -0.05) is 109 Å². The van der Waals surface area contributed by atoms with E-state index >= 15 is 0 Å². The van der Waals surface area contributed by atoms with Crippen molar-refractivity contribution in [2.45, 2.75) is 26.2 Å². The van der Waals surface area contributed by atoms with Gasteiger partial charge in [0.15, 0.2) is 0 Å². The molecule has 10 aromatic rings. The van der Waals surface area contributed by atoms with Crippen LogP contribution in [0.1, 0.15) is 22.3 Å². The van der Waals surface area contributed by atoms with Gasteiger partial charge in [0, 0.05) is 16.3 Å². The van der Waals surface area contributed by atoms with E-state index in [1.165, 1.54) is 0 Å². The number of hydrogen-bond donors (Lipinski definition) is 0. The van der Waals surface area contributed by atoms with Gasteiger partial charge < -0.3 is 4.57 Å². The summed E-state index contributed by atoms with van der Waals surface area (Å²) in [6, 6.07) is 54.9. The predicted octanol–water partition coefficient (Wildman–Crippen LogP) is 16.4. The first-order valence-electron chi connectivity index (χ1n) is 19.9. The van der Waals surface area contributed by atoms with Crippen molar-refractivity contribution >= 4 is 43.4 Å². The topological polar surface area (TPSA) is 4.93 Å². The number of para-hydroxylation sites is 1. The summed E-state index contributed by atoms with van der Waals surface area (Å²) >= 11 is 0. The number of aryl methyl sites for hydroxylation is 2. The lowest BCUT2D eigenvalue weighted by Gasteiger charge is -2.18. The third-order valence-electron chi connectivity index (χ3n) is 11.6. The molecule has 0 aliphatic carbocycles. The molecule has 61 heavy (non-hydrogen) atoms. The average molecular weight is 812 g/mol. The third kappa shape index (κ3) is 6.80. The number of aromatic nitrogens is 1. The average Bonchev–Trinajstić information content (AvgIpc) is 3.57. The molecule has 0 aliphatic rings. The van der Waals surface area contributed by atoms with Crippen LogP contribution in [-0.4, -0.2) is 4.57 Å². The van der Waals surface area contributed by atoms with E-state index in [0.29, 0.717) is 33.4 Å². The van der Waals surface area contributed by atoms with Crippen molar-refractivity contribution in [1.82, 2.24) is 4.57 Å². The van der Waals surface area contributed by atoms with Crippen LogP contribution in [0.4, 0.5) is 26.3 Å². The molecule has 0 N–H and O–H groups in total. The molecule has 0 radical (unpaired) electrons. The number of halogens is 6. The Morgan fingerprint density at radius 3 is 1.36 bits per heavy atom. The van der Waals surface area contributed by atoms with E-state index in [1.54, 1.807) is 26.0 Å². The Hall–Kier alpha value is -7.12. The molecule has 7 heteroatoms. The van der Waals surface area contributed by atoms with Crippen LogP contribution in [0.5, 0.6) is 0 Å². The SMILES string of the molecule is Cc1cc(-c2ccc3c(c2)c2cc(-c4cc(C)cc(C(F)(F)F)c4)ccc2n3-c2ccccc2-c2ccc(-c3ccccc3)c3cc4ccccc4cc23)cc(C(F)(F)F)c1. The number of benzene rings is 9.